The highest BCUT2D eigenvalue weighted by Gasteiger charge is 2.16. The van der Waals surface area contributed by atoms with Crippen molar-refractivity contribution in [1.29, 1.82) is 0 Å². The van der Waals surface area contributed by atoms with Crippen LogP contribution < -0.4 is 0 Å². The van der Waals surface area contributed by atoms with Gasteiger partial charge in [0.05, 0.1) is 7.11 Å². The van der Waals surface area contributed by atoms with Gasteiger partial charge < -0.3 is 0 Å². The molecule has 76 valence electrons. The van der Waals surface area contributed by atoms with Crippen LogP contribution in [0.15, 0.2) is 12.1 Å². The molecule has 5 heteroatoms. The summed E-state index contributed by atoms with van der Waals surface area (Å²) in [4.78, 5) is 19.7. The van der Waals surface area contributed by atoms with Crippen LogP contribution in [0, 0.1) is 12.9 Å². The number of aromatic nitrogens is 1. The smallest absolute Gasteiger partial charge is 0.274 e. The summed E-state index contributed by atoms with van der Waals surface area (Å²) in [6.07, 6.45) is 0. The zero-order valence-electron chi connectivity index (χ0n) is 8.24. The van der Waals surface area contributed by atoms with Gasteiger partial charge in [-0.25, -0.2) is 10.0 Å². The van der Waals surface area contributed by atoms with E-state index in [0.717, 1.165) is 5.06 Å². The van der Waals surface area contributed by atoms with Gasteiger partial charge in [0.2, 0.25) is 5.95 Å². The summed E-state index contributed by atoms with van der Waals surface area (Å²) in [5.74, 6) is -1.15. The lowest BCUT2D eigenvalue weighted by atomic mass is 10.2. The van der Waals surface area contributed by atoms with Crippen LogP contribution in [0.25, 0.3) is 0 Å². The summed E-state index contributed by atoms with van der Waals surface area (Å²) in [5, 5.41) is 0.995. The molecule has 1 aromatic heterocycles. The monoisotopic (exact) mass is 198 g/mol. The third kappa shape index (κ3) is 2.05. The van der Waals surface area contributed by atoms with Crippen molar-refractivity contribution in [2.75, 3.05) is 14.2 Å². The molecule has 0 bridgehead atoms. The van der Waals surface area contributed by atoms with Crippen molar-refractivity contribution in [3.8, 4) is 0 Å². The standard InChI is InChI=1S/C9H11FN2O2/c1-6-4-5-7(10)11-8(6)9(13)12(2)14-3/h4-5H,1-3H3. The number of carbonyl (C=O) groups is 1. The largest absolute Gasteiger partial charge is 0.296 e. The SMILES string of the molecule is CON(C)C(=O)c1nc(F)ccc1C. The molecule has 0 saturated heterocycles. The fourth-order valence-corrected chi connectivity index (χ4v) is 0.953. The number of hydroxylamine groups is 2. The summed E-state index contributed by atoms with van der Waals surface area (Å²) >= 11 is 0. The quantitative estimate of drug-likeness (QED) is 0.529. The van der Waals surface area contributed by atoms with Gasteiger partial charge >= 0.3 is 0 Å². The first-order chi connectivity index (χ1) is 6.56. The van der Waals surface area contributed by atoms with Gasteiger partial charge in [-0.3, -0.25) is 9.63 Å². The Morgan fingerprint density at radius 1 is 1.57 bits per heavy atom. The second kappa shape index (κ2) is 4.15. The molecule has 1 amide bonds. The number of amides is 1. The van der Waals surface area contributed by atoms with Gasteiger partial charge in [-0.2, -0.15) is 4.39 Å². The topological polar surface area (TPSA) is 42.4 Å². The molecule has 0 radical (unpaired) electrons. The maximum Gasteiger partial charge on any atom is 0.296 e. The molecule has 0 aromatic carbocycles. The Morgan fingerprint density at radius 2 is 2.21 bits per heavy atom. The van der Waals surface area contributed by atoms with Crippen LogP contribution in [0.4, 0.5) is 4.39 Å². The number of hydrogen-bond acceptors (Lipinski definition) is 3. The molecule has 0 N–H and O–H groups in total. The molecule has 0 atom stereocenters. The van der Waals surface area contributed by atoms with E-state index in [-0.39, 0.29) is 5.69 Å². The Balaban J connectivity index is 3.06. The predicted octanol–water partition coefficient (Wildman–Crippen LogP) is 1.16. The Kier molecular flexibility index (Phi) is 3.14. The summed E-state index contributed by atoms with van der Waals surface area (Å²) in [7, 11) is 2.79. The van der Waals surface area contributed by atoms with E-state index in [4.69, 9.17) is 0 Å². The molecule has 14 heavy (non-hydrogen) atoms. The molecule has 0 aliphatic carbocycles. The molecule has 0 aliphatic heterocycles. The first kappa shape index (κ1) is 10.6. The van der Waals surface area contributed by atoms with Gasteiger partial charge in [0.1, 0.15) is 5.69 Å². The average molecular weight is 198 g/mol. The number of carbonyl (C=O) groups excluding carboxylic acids is 1. The summed E-state index contributed by atoms with van der Waals surface area (Å²) < 4.78 is 12.8. The highest BCUT2D eigenvalue weighted by Crippen LogP contribution is 2.08. The van der Waals surface area contributed by atoms with Gasteiger partial charge in [0.15, 0.2) is 0 Å². The van der Waals surface area contributed by atoms with Crippen LogP contribution in [-0.4, -0.2) is 30.1 Å². The number of rotatable bonds is 2. The Hall–Kier alpha value is -1.49. The number of hydrogen-bond donors (Lipinski definition) is 0. The van der Waals surface area contributed by atoms with E-state index in [9.17, 15) is 9.18 Å². The second-order valence-electron chi connectivity index (χ2n) is 2.78. The highest BCUT2D eigenvalue weighted by atomic mass is 19.1. The molecular weight excluding hydrogens is 187 g/mol. The van der Waals surface area contributed by atoms with Crippen molar-refractivity contribution in [3.05, 3.63) is 29.3 Å². The van der Waals surface area contributed by atoms with Crippen LogP contribution in [-0.2, 0) is 4.84 Å². The van der Waals surface area contributed by atoms with Gasteiger partial charge in [0, 0.05) is 7.05 Å². The van der Waals surface area contributed by atoms with Gasteiger partial charge in [0.25, 0.3) is 5.91 Å². The minimum atomic E-state index is -0.677. The minimum absolute atomic E-state index is 0.0642. The van der Waals surface area contributed by atoms with E-state index in [1.54, 1.807) is 6.92 Å². The van der Waals surface area contributed by atoms with Gasteiger partial charge in [-0.05, 0) is 18.6 Å². The van der Waals surface area contributed by atoms with E-state index in [2.05, 4.69) is 9.82 Å². The van der Waals surface area contributed by atoms with E-state index < -0.39 is 11.9 Å². The lowest BCUT2D eigenvalue weighted by molar-refractivity contribution is -0.0761. The summed E-state index contributed by atoms with van der Waals surface area (Å²) in [5.41, 5.74) is 0.676. The van der Waals surface area contributed by atoms with E-state index >= 15 is 0 Å². The fourth-order valence-electron chi connectivity index (χ4n) is 0.953. The summed E-state index contributed by atoms with van der Waals surface area (Å²) in [6.45, 7) is 1.68. The molecule has 4 nitrogen and oxygen atoms in total. The molecule has 0 fully saturated rings. The third-order valence-electron chi connectivity index (χ3n) is 1.83. The third-order valence-corrected chi connectivity index (χ3v) is 1.83. The van der Waals surface area contributed by atoms with E-state index in [1.165, 1.54) is 26.3 Å². The van der Waals surface area contributed by atoms with Crippen molar-refractivity contribution in [3.63, 3.8) is 0 Å². The van der Waals surface area contributed by atoms with E-state index in [0.29, 0.717) is 5.56 Å². The van der Waals surface area contributed by atoms with Crippen molar-refractivity contribution in [2.45, 2.75) is 6.92 Å². The normalized spacial score (nSPS) is 10.0. The number of pyridine rings is 1. The molecule has 1 heterocycles. The number of halogens is 1. The Bertz CT molecular complexity index is 355. The van der Waals surface area contributed by atoms with Crippen LogP contribution in [0.2, 0.25) is 0 Å². The minimum Gasteiger partial charge on any atom is -0.274 e. The number of nitrogens with zero attached hydrogens (tertiary/aromatic N) is 2. The first-order valence-corrected chi connectivity index (χ1v) is 4.01. The zero-order chi connectivity index (χ0) is 10.7. The lowest BCUT2D eigenvalue weighted by Gasteiger charge is -2.13. The molecule has 0 spiro atoms. The highest BCUT2D eigenvalue weighted by molar-refractivity contribution is 5.92. The van der Waals surface area contributed by atoms with Gasteiger partial charge in [-0.15, -0.1) is 0 Å². The first-order valence-electron chi connectivity index (χ1n) is 4.01. The fraction of sp³-hybridized carbons (Fsp3) is 0.333. The van der Waals surface area contributed by atoms with Crippen molar-refractivity contribution < 1.29 is 14.0 Å². The molecular formula is C9H11FN2O2. The van der Waals surface area contributed by atoms with E-state index in [1.807, 2.05) is 0 Å². The van der Waals surface area contributed by atoms with Gasteiger partial charge in [-0.1, -0.05) is 6.07 Å². The predicted molar refractivity (Wildman–Crippen MR) is 48.0 cm³/mol. The van der Waals surface area contributed by atoms with Crippen LogP contribution in [0.3, 0.4) is 0 Å². The van der Waals surface area contributed by atoms with Crippen molar-refractivity contribution in [2.24, 2.45) is 0 Å². The van der Waals surface area contributed by atoms with Crippen molar-refractivity contribution in [1.82, 2.24) is 10.0 Å². The second-order valence-corrected chi connectivity index (χ2v) is 2.78. The lowest BCUT2D eigenvalue weighted by Crippen LogP contribution is -2.27. The molecule has 0 saturated carbocycles. The molecule has 0 aliphatic rings. The van der Waals surface area contributed by atoms with Crippen LogP contribution in [0.5, 0.6) is 0 Å². The molecule has 0 unspecified atom stereocenters. The summed E-state index contributed by atoms with van der Waals surface area (Å²) in [6, 6.07) is 2.71. The molecule has 1 rings (SSSR count). The zero-order valence-corrected chi connectivity index (χ0v) is 8.24. The maximum absolute atomic E-state index is 12.8. The van der Waals surface area contributed by atoms with Crippen LogP contribution in [0.1, 0.15) is 16.1 Å². The van der Waals surface area contributed by atoms with Crippen LogP contribution >= 0.6 is 0 Å². The van der Waals surface area contributed by atoms with Crippen molar-refractivity contribution >= 4 is 5.91 Å². The number of aryl methyl sites for hydroxylation is 1. The maximum atomic E-state index is 12.8. The average Bonchev–Trinajstić information content (AvgIpc) is 2.19. The molecule has 1 aromatic rings. The Morgan fingerprint density at radius 3 is 2.79 bits per heavy atom. The Labute approximate surface area is 81.3 Å².